The largest absolute Gasteiger partial charge is 0.436 e. The van der Waals surface area contributed by atoms with E-state index in [0.29, 0.717) is 23.7 Å². The molecule has 2 aliphatic rings. The monoisotopic (exact) mass is 595 g/mol. The molecule has 210 valence electrons. The first kappa shape index (κ1) is 28.0. The highest BCUT2D eigenvalue weighted by Gasteiger charge is 2.40. The first-order chi connectivity index (χ1) is 18.6. The molecule has 3 aromatic rings. The van der Waals surface area contributed by atoms with E-state index in [4.69, 9.17) is 16.0 Å². The van der Waals surface area contributed by atoms with Crippen LogP contribution < -0.4 is 0 Å². The molecule has 1 aromatic carbocycles. The lowest BCUT2D eigenvalue weighted by Gasteiger charge is -2.40. The summed E-state index contributed by atoms with van der Waals surface area (Å²) in [5.41, 5.74) is 0.748. The fourth-order valence-electron chi connectivity index (χ4n) is 4.89. The van der Waals surface area contributed by atoms with E-state index < -0.39 is 22.0 Å². The summed E-state index contributed by atoms with van der Waals surface area (Å²) in [5.74, 6) is -0.179. The average molecular weight is 596 g/mol. The third kappa shape index (κ3) is 5.70. The Hall–Kier alpha value is -2.55. The van der Waals surface area contributed by atoms with E-state index in [1.54, 1.807) is 31.3 Å². The number of hydrogen-bond donors (Lipinski definition) is 1. The van der Waals surface area contributed by atoms with Gasteiger partial charge >= 0.3 is 5.91 Å². The molecular formula is C25H30ClN5O6S2. The lowest BCUT2D eigenvalue weighted by molar-refractivity contribution is -0.131. The van der Waals surface area contributed by atoms with Crippen LogP contribution in [0.15, 0.2) is 32.9 Å². The van der Waals surface area contributed by atoms with E-state index in [2.05, 4.69) is 9.88 Å². The molecule has 1 fully saturated rings. The normalized spacial score (nSPS) is 18.9. The number of carbonyl (C=O) groups excluding carboxylic acids is 2. The lowest BCUT2D eigenvalue weighted by atomic mass is 10.1. The van der Waals surface area contributed by atoms with Gasteiger partial charge in [0.1, 0.15) is 9.97 Å². The Morgan fingerprint density at radius 2 is 2.05 bits per heavy atom. The molecule has 39 heavy (non-hydrogen) atoms. The number of halogens is 1. The molecule has 1 saturated heterocycles. The van der Waals surface area contributed by atoms with Crippen molar-refractivity contribution in [3.05, 3.63) is 46.6 Å². The molecule has 1 N–H and O–H groups in total. The number of sulfonamides is 1. The van der Waals surface area contributed by atoms with Gasteiger partial charge in [0.15, 0.2) is 0 Å². The standard InChI is InChI=1S/C25H30ClN5O6S2/c1-28-6-5-19-20(15-28)37-24(27-19)25(34)31-8-7-30(14-18(31)13-22(33)29(2)9-10-32)39(35,36)23-11-16-3-4-17(26)12-21(16)38-23/h3-4,11-12,18,32H,5-10,13-15H2,1-2H3. The van der Waals surface area contributed by atoms with Crippen LogP contribution in [-0.4, -0.2) is 109 Å². The number of amides is 2. The lowest BCUT2D eigenvalue weighted by Crippen LogP contribution is -2.57. The van der Waals surface area contributed by atoms with Crippen molar-refractivity contribution >= 4 is 54.9 Å². The number of aromatic nitrogens is 1. The molecule has 2 amide bonds. The Balaban J connectivity index is 1.41. The Kier molecular flexibility index (Phi) is 8.00. The van der Waals surface area contributed by atoms with Crippen LogP contribution in [0.5, 0.6) is 0 Å². The summed E-state index contributed by atoms with van der Waals surface area (Å²) in [4.78, 5) is 35.9. The fourth-order valence-corrected chi connectivity index (χ4v) is 8.19. The molecule has 1 unspecified atom stereocenters. The summed E-state index contributed by atoms with van der Waals surface area (Å²) in [6.07, 6.45) is 0.558. The molecule has 0 bridgehead atoms. The van der Waals surface area contributed by atoms with Gasteiger partial charge in [0, 0.05) is 62.3 Å². The SMILES string of the molecule is CN1CCc2nc(C(=O)N3CCN(S(=O)(=O)c4cc5ccc(Cl)cc5s4)CC3CC(=O)N(C)CCO)oc2C1. The zero-order valence-corrected chi connectivity index (χ0v) is 24.1. The van der Waals surface area contributed by atoms with Crippen molar-refractivity contribution in [2.45, 2.75) is 29.6 Å². The van der Waals surface area contributed by atoms with Crippen LogP contribution in [0.3, 0.4) is 0 Å². The van der Waals surface area contributed by atoms with Gasteiger partial charge in [-0.05, 0) is 30.6 Å². The number of benzene rings is 1. The number of likely N-dealkylation sites (N-methyl/N-ethyl adjacent to an activating group) is 2. The summed E-state index contributed by atoms with van der Waals surface area (Å²) in [7, 11) is -0.378. The third-order valence-electron chi connectivity index (χ3n) is 7.14. The van der Waals surface area contributed by atoms with Gasteiger partial charge in [0.05, 0.1) is 24.9 Å². The number of nitrogens with zero attached hydrogens (tertiary/aromatic N) is 5. The van der Waals surface area contributed by atoms with E-state index in [0.717, 1.165) is 33.7 Å². The van der Waals surface area contributed by atoms with Crippen molar-refractivity contribution in [2.24, 2.45) is 0 Å². The van der Waals surface area contributed by atoms with Gasteiger partial charge in [-0.2, -0.15) is 4.31 Å². The van der Waals surface area contributed by atoms with Crippen LogP contribution in [0, 0.1) is 0 Å². The number of thiophene rings is 1. The van der Waals surface area contributed by atoms with Gasteiger partial charge in [-0.1, -0.05) is 17.7 Å². The summed E-state index contributed by atoms with van der Waals surface area (Å²) >= 11 is 7.22. The molecule has 4 heterocycles. The zero-order valence-electron chi connectivity index (χ0n) is 21.7. The minimum Gasteiger partial charge on any atom is -0.436 e. The molecule has 14 heteroatoms. The second-order valence-corrected chi connectivity index (χ2v) is 13.6. The second kappa shape index (κ2) is 11.1. The molecule has 2 aromatic heterocycles. The van der Waals surface area contributed by atoms with Crippen LogP contribution in [0.4, 0.5) is 0 Å². The Morgan fingerprint density at radius 3 is 2.82 bits per heavy atom. The van der Waals surface area contributed by atoms with Crippen molar-refractivity contribution < 1.29 is 27.5 Å². The fraction of sp³-hybridized carbons (Fsp3) is 0.480. The summed E-state index contributed by atoms with van der Waals surface area (Å²) in [6, 6.07) is 6.08. The topological polar surface area (TPSA) is 128 Å². The van der Waals surface area contributed by atoms with Gasteiger partial charge < -0.3 is 19.3 Å². The highest BCUT2D eigenvalue weighted by atomic mass is 35.5. The first-order valence-corrected chi connectivity index (χ1v) is 15.2. The predicted molar refractivity (Wildman–Crippen MR) is 146 cm³/mol. The molecule has 0 aliphatic carbocycles. The Labute approximate surface area is 235 Å². The summed E-state index contributed by atoms with van der Waals surface area (Å²) in [6.45, 7) is 1.35. The summed E-state index contributed by atoms with van der Waals surface area (Å²) < 4.78 is 35.4. The molecule has 11 nitrogen and oxygen atoms in total. The number of aliphatic hydroxyl groups excluding tert-OH is 1. The van der Waals surface area contributed by atoms with Crippen molar-refractivity contribution in [3.63, 3.8) is 0 Å². The molecule has 0 radical (unpaired) electrons. The van der Waals surface area contributed by atoms with Gasteiger partial charge in [-0.3, -0.25) is 14.5 Å². The van der Waals surface area contributed by atoms with Crippen LogP contribution >= 0.6 is 22.9 Å². The molecule has 1 atom stereocenters. The maximum Gasteiger partial charge on any atom is 0.310 e. The van der Waals surface area contributed by atoms with E-state index in [1.807, 2.05) is 7.05 Å². The predicted octanol–water partition coefficient (Wildman–Crippen LogP) is 1.89. The van der Waals surface area contributed by atoms with Gasteiger partial charge in [-0.25, -0.2) is 13.4 Å². The Morgan fingerprint density at radius 1 is 1.26 bits per heavy atom. The number of piperazine rings is 1. The number of rotatable bonds is 7. The smallest absolute Gasteiger partial charge is 0.310 e. The minimum absolute atomic E-state index is 0.0471. The molecule has 0 spiro atoms. The second-order valence-electron chi connectivity index (χ2n) is 9.88. The average Bonchev–Trinajstić information content (AvgIpc) is 3.52. The van der Waals surface area contributed by atoms with Crippen molar-refractivity contribution in [1.29, 1.82) is 0 Å². The minimum atomic E-state index is -3.90. The zero-order chi connectivity index (χ0) is 27.9. The molecular weight excluding hydrogens is 566 g/mol. The Bertz CT molecular complexity index is 1510. The van der Waals surface area contributed by atoms with Gasteiger partial charge in [-0.15, -0.1) is 11.3 Å². The van der Waals surface area contributed by atoms with E-state index in [9.17, 15) is 23.1 Å². The van der Waals surface area contributed by atoms with E-state index in [1.165, 1.54) is 14.1 Å². The molecule has 5 rings (SSSR count). The first-order valence-electron chi connectivity index (χ1n) is 12.6. The number of aliphatic hydroxyl groups is 1. The van der Waals surface area contributed by atoms with Gasteiger partial charge in [0.25, 0.3) is 15.9 Å². The third-order valence-corrected chi connectivity index (χ3v) is 10.8. The van der Waals surface area contributed by atoms with Crippen LogP contribution in [-0.2, 0) is 27.8 Å². The highest BCUT2D eigenvalue weighted by molar-refractivity contribution is 7.91. The maximum atomic E-state index is 13.7. The van der Waals surface area contributed by atoms with E-state index in [-0.39, 0.29) is 55.2 Å². The molecule has 2 aliphatic heterocycles. The quantitative estimate of drug-likeness (QED) is 0.439. The van der Waals surface area contributed by atoms with E-state index >= 15 is 0 Å². The van der Waals surface area contributed by atoms with Crippen molar-refractivity contribution in [1.82, 2.24) is 24.0 Å². The number of carbonyl (C=O) groups is 2. The van der Waals surface area contributed by atoms with Crippen LogP contribution in [0.1, 0.15) is 28.6 Å². The summed E-state index contributed by atoms with van der Waals surface area (Å²) in [5, 5.41) is 10.5. The van der Waals surface area contributed by atoms with Crippen molar-refractivity contribution in [3.8, 4) is 0 Å². The van der Waals surface area contributed by atoms with Crippen molar-refractivity contribution in [2.75, 3.05) is 53.4 Å². The number of oxazole rings is 1. The van der Waals surface area contributed by atoms with Crippen LogP contribution in [0.25, 0.3) is 10.1 Å². The number of fused-ring (bicyclic) bond motifs is 2. The number of hydrogen-bond acceptors (Lipinski definition) is 9. The maximum absolute atomic E-state index is 13.7. The molecule has 0 saturated carbocycles. The highest BCUT2D eigenvalue weighted by Crippen LogP contribution is 2.34. The van der Waals surface area contributed by atoms with Crippen LogP contribution in [0.2, 0.25) is 5.02 Å². The van der Waals surface area contributed by atoms with Gasteiger partial charge in [0.2, 0.25) is 5.91 Å².